The minimum absolute atomic E-state index is 0.104. The van der Waals surface area contributed by atoms with Crippen LogP contribution in [0.5, 0.6) is 0 Å². The molecule has 5 heteroatoms. The van der Waals surface area contributed by atoms with Crippen LogP contribution in [0.3, 0.4) is 0 Å². The van der Waals surface area contributed by atoms with Gasteiger partial charge in [0, 0.05) is 6.54 Å². The van der Waals surface area contributed by atoms with Crippen LogP contribution in [-0.2, 0) is 20.9 Å². The molecule has 0 aliphatic heterocycles. The molecule has 1 unspecified atom stereocenters. The van der Waals surface area contributed by atoms with E-state index in [9.17, 15) is 9.59 Å². The zero-order valence-electron chi connectivity index (χ0n) is 13.2. The monoisotopic (exact) mass is 292 g/mol. The van der Waals surface area contributed by atoms with Gasteiger partial charge in [0.2, 0.25) is 5.91 Å². The highest BCUT2D eigenvalue weighted by Crippen LogP contribution is 2.06. The number of nitrogens with one attached hydrogen (secondary N) is 1. The topological polar surface area (TPSA) is 58.6 Å². The lowest BCUT2D eigenvalue weighted by Crippen LogP contribution is -2.45. The fourth-order valence-electron chi connectivity index (χ4n) is 1.89. The maximum absolute atomic E-state index is 12.1. The van der Waals surface area contributed by atoms with E-state index < -0.39 is 6.04 Å². The highest BCUT2D eigenvalue weighted by Gasteiger charge is 2.20. The minimum atomic E-state index is -0.390. The molecule has 0 aliphatic carbocycles. The third-order valence-corrected chi connectivity index (χ3v) is 3.44. The van der Waals surface area contributed by atoms with Gasteiger partial charge in [-0.25, -0.2) is 0 Å². The Morgan fingerprint density at radius 1 is 1.33 bits per heavy atom. The van der Waals surface area contributed by atoms with E-state index in [1.165, 1.54) is 0 Å². The Kier molecular flexibility index (Phi) is 6.88. The van der Waals surface area contributed by atoms with Crippen LogP contribution in [0, 0.1) is 6.92 Å². The Labute approximate surface area is 126 Å². The van der Waals surface area contributed by atoms with E-state index >= 15 is 0 Å². The molecule has 5 nitrogen and oxygen atoms in total. The second-order valence-electron chi connectivity index (χ2n) is 5.04. The van der Waals surface area contributed by atoms with Crippen LogP contribution < -0.4 is 5.32 Å². The maximum atomic E-state index is 12.1. The molecule has 0 bridgehead atoms. The number of esters is 1. The van der Waals surface area contributed by atoms with E-state index in [0.29, 0.717) is 13.2 Å². The van der Waals surface area contributed by atoms with Crippen molar-refractivity contribution in [2.24, 2.45) is 0 Å². The fraction of sp³-hybridized carbons (Fsp3) is 0.500. The van der Waals surface area contributed by atoms with Gasteiger partial charge in [-0.3, -0.25) is 14.5 Å². The van der Waals surface area contributed by atoms with Crippen LogP contribution in [0.2, 0.25) is 0 Å². The van der Waals surface area contributed by atoms with Gasteiger partial charge in [0.15, 0.2) is 0 Å². The highest BCUT2D eigenvalue weighted by molar-refractivity contribution is 5.82. The second-order valence-corrected chi connectivity index (χ2v) is 5.04. The summed E-state index contributed by atoms with van der Waals surface area (Å²) in [6.45, 7) is 6.48. The average Bonchev–Trinajstić information content (AvgIpc) is 2.45. The van der Waals surface area contributed by atoms with Crippen molar-refractivity contribution in [1.29, 1.82) is 0 Å². The highest BCUT2D eigenvalue weighted by atomic mass is 16.5. The van der Waals surface area contributed by atoms with E-state index in [4.69, 9.17) is 4.74 Å². The largest absolute Gasteiger partial charge is 0.465 e. The van der Waals surface area contributed by atoms with Gasteiger partial charge < -0.3 is 10.1 Å². The molecule has 21 heavy (non-hydrogen) atoms. The Morgan fingerprint density at radius 2 is 2.00 bits per heavy atom. The SMILES string of the molecule is CCOC(=O)CN(C)C(C)C(=O)NCc1ccccc1C. The molecule has 1 atom stereocenters. The van der Waals surface area contributed by atoms with Crippen LogP contribution in [0.4, 0.5) is 0 Å². The molecule has 1 amide bonds. The molecule has 0 aromatic heterocycles. The molecule has 0 heterocycles. The molecule has 1 N–H and O–H groups in total. The first-order valence-corrected chi connectivity index (χ1v) is 7.13. The van der Waals surface area contributed by atoms with Crippen LogP contribution in [0.1, 0.15) is 25.0 Å². The van der Waals surface area contributed by atoms with Crippen molar-refractivity contribution in [3.05, 3.63) is 35.4 Å². The van der Waals surface area contributed by atoms with Crippen LogP contribution in [0.25, 0.3) is 0 Å². The molecule has 0 saturated carbocycles. The molecule has 0 radical (unpaired) electrons. The Morgan fingerprint density at radius 3 is 2.62 bits per heavy atom. The first kappa shape index (κ1) is 17.2. The van der Waals surface area contributed by atoms with Crippen molar-refractivity contribution in [2.75, 3.05) is 20.2 Å². The Balaban J connectivity index is 2.47. The summed E-state index contributed by atoms with van der Waals surface area (Å²) in [7, 11) is 1.73. The summed E-state index contributed by atoms with van der Waals surface area (Å²) in [5.41, 5.74) is 2.23. The van der Waals surface area contributed by atoms with E-state index in [1.807, 2.05) is 31.2 Å². The standard InChI is InChI=1S/C16H24N2O3/c1-5-21-15(19)11-18(4)13(3)16(20)17-10-14-9-7-6-8-12(14)2/h6-9,13H,5,10-11H2,1-4H3,(H,17,20). The third kappa shape index (κ3) is 5.55. The quantitative estimate of drug-likeness (QED) is 0.774. The van der Waals surface area contributed by atoms with E-state index in [2.05, 4.69) is 5.32 Å². The number of benzene rings is 1. The Hall–Kier alpha value is -1.88. The lowest BCUT2D eigenvalue weighted by molar-refractivity contribution is -0.145. The molecule has 0 fully saturated rings. The number of likely N-dealkylation sites (N-methyl/N-ethyl adjacent to an activating group) is 1. The van der Waals surface area contributed by atoms with Gasteiger partial charge in [0.1, 0.15) is 0 Å². The lowest BCUT2D eigenvalue weighted by Gasteiger charge is -2.23. The summed E-state index contributed by atoms with van der Waals surface area (Å²) in [4.78, 5) is 25.2. The van der Waals surface area contributed by atoms with Gasteiger partial charge >= 0.3 is 5.97 Å². The summed E-state index contributed by atoms with van der Waals surface area (Å²) in [5.74, 6) is -0.427. The van der Waals surface area contributed by atoms with Crippen molar-refractivity contribution in [1.82, 2.24) is 10.2 Å². The molecule has 0 spiro atoms. The van der Waals surface area contributed by atoms with Crippen molar-refractivity contribution in [2.45, 2.75) is 33.4 Å². The van der Waals surface area contributed by atoms with Crippen LogP contribution in [-0.4, -0.2) is 43.0 Å². The first-order chi connectivity index (χ1) is 9.95. The number of ether oxygens (including phenoxy) is 1. The zero-order valence-corrected chi connectivity index (χ0v) is 13.2. The van der Waals surface area contributed by atoms with Gasteiger partial charge in [-0.15, -0.1) is 0 Å². The van der Waals surface area contributed by atoms with E-state index in [-0.39, 0.29) is 18.4 Å². The number of aryl methyl sites for hydroxylation is 1. The predicted octanol–water partition coefficient (Wildman–Crippen LogP) is 1.49. The number of nitrogens with zero attached hydrogens (tertiary/aromatic N) is 1. The smallest absolute Gasteiger partial charge is 0.320 e. The normalized spacial score (nSPS) is 12.0. The number of carbonyl (C=O) groups is 2. The lowest BCUT2D eigenvalue weighted by atomic mass is 10.1. The summed E-state index contributed by atoms with van der Waals surface area (Å²) in [6.07, 6.45) is 0. The number of hydrogen-bond donors (Lipinski definition) is 1. The van der Waals surface area contributed by atoms with Crippen LogP contribution >= 0.6 is 0 Å². The minimum Gasteiger partial charge on any atom is -0.465 e. The Bertz CT molecular complexity index is 488. The molecular formula is C16H24N2O3. The van der Waals surface area contributed by atoms with E-state index in [0.717, 1.165) is 11.1 Å². The predicted molar refractivity (Wildman–Crippen MR) is 81.8 cm³/mol. The summed E-state index contributed by atoms with van der Waals surface area (Å²) in [6, 6.07) is 7.53. The molecule has 116 valence electrons. The number of carbonyl (C=O) groups excluding carboxylic acids is 2. The fourth-order valence-corrected chi connectivity index (χ4v) is 1.89. The molecule has 1 rings (SSSR count). The number of amides is 1. The van der Waals surface area contributed by atoms with Crippen molar-refractivity contribution in [3.8, 4) is 0 Å². The summed E-state index contributed by atoms with van der Waals surface area (Å²) >= 11 is 0. The van der Waals surface area contributed by atoms with Gasteiger partial charge in [-0.05, 0) is 38.9 Å². The molecule has 0 aliphatic rings. The third-order valence-electron chi connectivity index (χ3n) is 3.44. The molecule has 1 aromatic carbocycles. The summed E-state index contributed by atoms with van der Waals surface area (Å²) in [5, 5.41) is 2.89. The maximum Gasteiger partial charge on any atom is 0.320 e. The van der Waals surface area contributed by atoms with E-state index in [1.54, 1.807) is 25.8 Å². The molecule has 0 saturated heterocycles. The number of hydrogen-bond acceptors (Lipinski definition) is 4. The average molecular weight is 292 g/mol. The molecule has 1 aromatic rings. The van der Waals surface area contributed by atoms with Gasteiger partial charge in [0.05, 0.1) is 19.2 Å². The number of rotatable bonds is 7. The summed E-state index contributed by atoms with van der Waals surface area (Å²) < 4.78 is 4.88. The first-order valence-electron chi connectivity index (χ1n) is 7.13. The van der Waals surface area contributed by atoms with Crippen molar-refractivity contribution in [3.63, 3.8) is 0 Å². The van der Waals surface area contributed by atoms with Gasteiger partial charge in [0.25, 0.3) is 0 Å². The van der Waals surface area contributed by atoms with Crippen LogP contribution in [0.15, 0.2) is 24.3 Å². The van der Waals surface area contributed by atoms with Crippen molar-refractivity contribution >= 4 is 11.9 Å². The second kappa shape index (κ2) is 8.42. The van der Waals surface area contributed by atoms with Gasteiger partial charge in [-0.1, -0.05) is 24.3 Å². The van der Waals surface area contributed by atoms with Gasteiger partial charge in [-0.2, -0.15) is 0 Å². The molecular weight excluding hydrogens is 268 g/mol. The van der Waals surface area contributed by atoms with Crippen molar-refractivity contribution < 1.29 is 14.3 Å². The zero-order chi connectivity index (χ0) is 15.8.